The van der Waals surface area contributed by atoms with Gasteiger partial charge in [0, 0.05) is 32.3 Å². The molecule has 0 saturated carbocycles. The minimum absolute atomic E-state index is 0.0267. The van der Waals surface area contributed by atoms with Crippen molar-refractivity contribution in [1.82, 2.24) is 10.2 Å². The van der Waals surface area contributed by atoms with Crippen molar-refractivity contribution < 1.29 is 4.74 Å². The highest BCUT2D eigenvalue weighted by molar-refractivity contribution is 5.25. The maximum Gasteiger partial charge on any atom is 0.0624 e. The van der Waals surface area contributed by atoms with Gasteiger partial charge in [-0.1, -0.05) is 44.2 Å². The minimum Gasteiger partial charge on any atom is -0.380 e. The molecule has 118 valence electrons. The maximum absolute atomic E-state index is 5.72. The van der Waals surface area contributed by atoms with Crippen LogP contribution in [0.2, 0.25) is 0 Å². The molecule has 0 bridgehead atoms. The molecular formula is C18H30N2O. The van der Waals surface area contributed by atoms with E-state index in [1.807, 2.05) is 0 Å². The Labute approximate surface area is 129 Å². The summed E-state index contributed by atoms with van der Waals surface area (Å²) < 4.78 is 5.72. The summed E-state index contributed by atoms with van der Waals surface area (Å²) in [5, 5.41) is 3.71. The Morgan fingerprint density at radius 3 is 2.62 bits per heavy atom. The predicted molar refractivity (Wildman–Crippen MR) is 88.5 cm³/mol. The van der Waals surface area contributed by atoms with Crippen LogP contribution in [0.25, 0.3) is 0 Å². The number of rotatable bonds is 6. The van der Waals surface area contributed by atoms with Crippen molar-refractivity contribution in [1.29, 1.82) is 0 Å². The lowest BCUT2D eigenvalue weighted by Crippen LogP contribution is -2.60. The zero-order valence-electron chi connectivity index (χ0n) is 13.9. The summed E-state index contributed by atoms with van der Waals surface area (Å²) in [6.07, 6.45) is 0. The molecular weight excluding hydrogens is 260 g/mol. The average Bonchev–Trinajstić information content (AvgIpc) is 2.48. The fourth-order valence-corrected chi connectivity index (χ4v) is 3.26. The monoisotopic (exact) mass is 290 g/mol. The lowest BCUT2D eigenvalue weighted by molar-refractivity contribution is 0.0146. The topological polar surface area (TPSA) is 24.5 Å². The molecule has 2 unspecified atom stereocenters. The third kappa shape index (κ3) is 4.06. The van der Waals surface area contributed by atoms with E-state index in [0.717, 1.165) is 32.8 Å². The number of ether oxygens (including phenoxy) is 1. The number of piperazine rings is 1. The zero-order chi connectivity index (χ0) is 15.3. The van der Waals surface area contributed by atoms with Gasteiger partial charge in [0.2, 0.25) is 0 Å². The normalized spacial score (nSPS) is 25.2. The second-order valence-electron chi connectivity index (χ2n) is 6.57. The molecule has 1 N–H and O–H groups in total. The summed E-state index contributed by atoms with van der Waals surface area (Å²) in [4.78, 5) is 2.60. The van der Waals surface area contributed by atoms with Crippen molar-refractivity contribution in [3.8, 4) is 0 Å². The first kappa shape index (κ1) is 16.5. The van der Waals surface area contributed by atoms with Gasteiger partial charge in [0.1, 0.15) is 0 Å². The highest BCUT2D eigenvalue weighted by Crippen LogP contribution is 2.26. The molecule has 1 aliphatic heterocycles. The van der Waals surface area contributed by atoms with Crippen LogP contribution in [0.3, 0.4) is 0 Å². The highest BCUT2D eigenvalue weighted by atomic mass is 16.5. The molecule has 1 heterocycles. The molecule has 21 heavy (non-hydrogen) atoms. The first-order valence-electron chi connectivity index (χ1n) is 8.19. The van der Waals surface area contributed by atoms with Crippen LogP contribution in [0, 0.1) is 5.92 Å². The molecule has 1 aromatic rings. The molecule has 1 saturated heterocycles. The van der Waals surface area contributed by atoms with Gasteiger partial charge in [0.25, 0.3) is 0 Å². The van der Waals surface area contributed by atoms with E-state index < -0.39 is 0 Å². The molecule has 3 nitrogen and oxygen atoms in total. The molecule has 0 aliphatic carbocycles. The predicted octanol–water partition coefficient (Wildman–Crippen LogP) is 2.87. The Hall–Kier alpha value is -0.900. The fraction of sp³-hybridized carbons (Fsp3) is 0.667. The minimum atomic E-state index is 0.0267. The van der Waals surface area contributed by atoms with Crippen LogP contribution in [-0.2, 0) is 10.3 Å². The van der Waals surface area contributed by atoms with Gasteiger partial charge in [-0.3, -0.25) is 4.90 Å². The van der Waals surface area contributed by atoms with Gasteiger partial charge in [-0.05, 0) is 25.3 Å². The Morgan fingerprint density at radius 2 is 2.00 bits per heavy atom. The average molecular weight is 290 g/mol. The van der Waals surface area contributed by atoms with E-state index in [0.29, 0.717) is 12.0 Å². The first-order valence-corrected chi connectivity index (χ1v) is 8.19. The van der Waals surface area contributed by atoms with Gasteiger partial charge < -0.3 is 10.1 Å². The Balaban J connectivity index is 2.12. The van der Waals surface area contributed by atoms with Gasteiger partial charge >= 0.3 is 0 Å². The summed E-state index contributed by atoms with van der Waals surface area (Å²) in [6.45, 7) is 13.8. The Bertz CT molecular complexity index is 420. The number of hydrogen-bond acceptors (Lipinski definition) is 3. The van der Waals surface area contributed by atoms with Crippen molar-refractivity contribution in [2.24, 2.45) is 5.92 Å². The standard InChI is InChI=1S/C18H30N2O/c1-5-21-13-17(15(2)3)20-12-11-19-18(4,14-20)16-9-7-6-8-10-16/h6-10,15,17,19H,5,11-14H2,1-4H3. The second kappa shape index (κ2) is 7.39. The molecule has 0 spiro atoms. The summed E-state index contributed by atoms with van der Waals surface area (Å²) >= 11 is 0. The van der Waals surface area contributed by atoms with Crippen LogP contribution in [-0.4, -0.2) is 43.8 Å². The van der Waals surface area contributed by atoms with Gasteiger partial charge in [0.05, 0.1) is 12.1 Å². The van der Waals surface area contributed by atoms with E-state index >= 15 is 0 Å². The Kier molecular flexibility index (Phi) is 5.80. The molecule has 0 radical (unpaired) electrons. The van der Waals surface area contributed by atoms with E-state index in [4.69, 9.17) is 4.74 Å². The van der Waals surface area contributed by atoms with E-state index in [-0.39, 0.29) is 5.54 Å². The third-order valence-electron chi connectivity index (χ3n) is 4.58. The van der Waals surface area contributed by atoms with Gasteiger partial charge in [-0.2, -0.15) is 0 Å². The van der Waals surface area contributed by atoms with Crippen molar-refractivity contribution in [3.63, 3.8) is 0 Å². The van der Waals surface area contributed by atoms with Crippen LogP contribution in [0.15, 0.2) is 30.3 Å². The van der Waals surface area contributed by atoms with Crippen molar-refractivity contribution in [2.75, 3.05) is 32.8 Å². The van der Waals surface area contributed by atoms with Crippen LogP contribution >= 0.6 is 0 Å². The highest BCUT2D eigenvalue weighted by Gasteiger charge is 2.35. The van der Waals surface area contributed by atoms with Gasteiger partial charge in [-0.25, -0.2) is 0 Å². The van der Waals surface area contributed by atoms with E-state index in [1.165, 1.54) is 5.56 Å². The van der Waals surface area contributed by atoms with Crippen LogP contribution in [0.4, 0.5) is 0 Å². The first-order chi connectivity index (χ1) is 10.1. The maximum atomic E-state index is 5.72. The number of hydrogen-bond donors (Lipinski definition) is 1. The van der Waals surface area contributed by atoms with Crippen molar-refractivity contribution in [2.45, 2.75) is 39.3 Å². The molecule has 1 aromatic carbocycles. The van der Waals surface area contributed by atoms with E-state index in [9.17, 15) is 0 Å². The lowest BCUT2D eigenvalue weighted by Gasteiger charge is -2.46. The van der Waals surface area contributed by atoms with Crippen LogP contribution < -0.4 is 5.32 Å². The summed E-state index contributed by atoms with van der Waals surface area (Å²) in [6, 6.07) is 11.3. The van der Waals surface area contributed by atoms with Crippen LogP contribution in [0.1, 0.15) is 33.3 Å². The van der Waals surface area contributed by atoms with Crippen LogP contribution in [0.5, 0.6) is 0 Å². The quantitative estimate of drug-likeness (QED) is 0.872. The van der Waals surface area contributed by atoms with Crippen molar-refractivity contribution >= 4 is 0 Å². The smallest absolute Gasteiger partial charge is 0.0624 e. The number of nitrogens with one attached hydrogen (secondary N) is 1. The third-order valence-corrected chi connectivity index (χ3v) is 4.58. The van der Waals surface area contributed by atoms with E-state index in [1.54, 1.807) is 0 Å². The summed E-state index contributed by atoms with van der Waals surface area (Å²) in [5.74, 6) is 0.606. The molecule has 2 rings (SSSR count). The molecule has 2 atom stereocenters. The molecule has 1 aliphatic rings. The van der Waals surface area contributed by atoms with Gasteiger partial charge in [-0.15, -0.1) is 0 Å². The summed E-state index contributed by atoms with van der Waals surface area (Å²) in [5.41, 5.74) is 1.40. The SMILES string of the molecule is CCOCC(C(C)C)N1CCNC(C)(c2ccccc2)C1. The second-order valence-corrected chi connectivity index (χ2v) is 6.57. The van der Waals surface area contributed by atoms with Gasteiger partial charge in [0.15, 0.2) is 0 Å². The number of nitrogens with zero attached hydrogens (tertiary/aromatic N) is 1. The summed E-state index contributed by atoms with van der Waals surface area (Å²) in [7, 11) is 0. The fourth-order valence-electron chi connectivity index (χ4n) is 3.26. The Morgan fingerprint density at radius 1 is 1.29 bits per heavy atom. The molecule has 0 aromatic heterocycles. The molecule has 1 fully saturated rings. The molecule has 3 heteroatoms. The number of benzene rings is 1. The largest absolute Gasteiger partial charge is 0.380 e. The van der Waals surface area contributed by atoms with Crippen molar-refractivity contribution in [3.05, 3.63) is 35.9 Å². The van der Waals surface area contributed by atoms with E-state index in [2.05, 4.69) is 68.2 Å². The molecule has 0 amide bonds. The lowest BCUT2D eigenvalue weighted by atomic mass is 9.88. The zero-order valence-corrected chi connectivity index (χ0v) is 13.9.